The Kier molecular flexibility index (Phi) is 5.62. The first-order valence-corrected chi connectivity index (χ1v) is 10.3. The van der Waals surface area contributed by atoms with Crippen LogP contribution in [0.5, 0.6) is 5.75 Å². The zero-order chi connectivity index (χ0) is 20.2. The van der Waals surface area contributed by atoms with Crippen molar-refractivity contribution in [3.63, 3.8) is 0 Å². The molecule has 0 amide bonds. The third-order valence-corrected chi connectivity index (χ3v) is 5.74. The summed E-state index contributed by atoms with van der Waals surface area (Å²) in [4.78, 5) is 4.12. The first-order chi connectivity index (χ1) is 14.2. The summed E-state index contributed by atoms with van der Waals surface area (Å²) in [5, 5.41) is 9.84. The van der Waals surface area contributed by atoms with Crippen molar-refractivity contribution in [3.05, 3.63) is 83.7 Å². The van der Waals surface area contributed by atoms with Crippen LogP contribution < -0.4 is 4.74 Å². The van der Waals surface area contributed by atoms with Crippen LogP contribution in [0.15, 0.2) is 72.1 Å². The van der Waals surface area contributed by atoms with Crippen molar-refractivity contribution in [2.45, 2.75) is 24.8 Å². The van der Waals surface area contributed by atoms with Crippen LogP contribution in [0.4, 0.5) is 0 Å². The average molecular weight is 403 g/mol. The van der Waals surface area contributed by atoms with Gasteiger partial charge >= 0.3 is 0 Å². The van der Waals surface area contributed by atoms with Gasteiger partial charge in [-0.15, -0.1) is 10.2 Å². The molecule has 0 aliphatic heterocycles. The second kappa shape index (κ2) is 8.49. The summed E-state index contributed by atoms with van der Waals surface area (Å²) >= 11 is 1.69. The summed E-state index contributed by atoms with van der Waals surface area (Å²) in [5.41, 5.74) is 5.82. The molecule has 0 fully saturated rings. The molecule has 2 heterocycles. The SMILES string of the molecule is COc1ccc(-n2c(SCc3cc(C)ccc3C)nnc2-c2ccncc2)cc1. The van der Waals surface area contributed by atoms with Gasteiger partial charge in [-0.25, -0.2) is 0 Å². The maximum Gasteiger partial charge on any atom is 0.196 e. The normalized spacial score (nSPS) is 10.9. The Bertz CT molecular complexity index is 1110. The molecule has 0 spiro atoms. The third kappa shape index (κ3) is 4.17. The maximum atomic E-state index is 5.31. The molecule has 0 radical (unpaired) electrons. The van der Waals surface area contributed by atoms with E-state index < -0.39 is 0 Å². The average Bonchev–Trinajstić information content (AvgIpc) is 3.19. The van der Waals surface area contributed by atoms with Crippen molar-refractivity contribution in [1.29, 1.82) is 0 Å². The Morgan fingerprint density at radius 1 is 0.931 bits per heavy atom. The van der Waals surface area contributed by atoms with Gasteiger partial charge in [0, 0.05) is 29.4 Å². The highest BCUT2D eigenvalue weighted by Crippen LogP contribution is 2.31. The van der Waals surface area contributed by atoms with Gasteiger partial charge < -0.3 is 4.74 Å². The quantitative estimate of drug-likeness (QED) is 0.413. The number of aromatic nitrogens is 4. The molecule has 0 aliphatic rings. The molecule has 2 aromatic carbocycles. The van der Waals surface area contributed by atoms with Crippen molar-refractivity contribution >= 4 is 11.8 Å². The fourth-order valence-electron chi connectivity index (χ4n) is 3.11. The fourth-order valence-corrected chi connectivity index (χ4v) is 4.13. The second-order valence-corrected chi connectivity index (χ2v) is 7.74. The van der Waals surface area contributed by atoms with E-state index >= 15 is 0 Å². The van der Waals surface area contributed by atoms with E-state index in [-0.39, 0.29) is 0 Å². The van der Waals surface area contributed by atoms with E-state index in [1.54, 1.807) is 31.3 Å². The molecular weight excluding hydrogens is 380 g/mol. The van der Waals surface area contributed by atoms with Gasteiger partial charge in [0.1, 0.15) is 5.75 Å². The number of aryl methyl sites for hydroxylation is 2. The van der Waals surface area contributed by atoms with E-state index in [0.29, 0.717) is 0 Å². The molecule has 0 bridgehead atoms. The lowest BCUT2D eigenvalue weighted by Gasteiger charge is -2.12. The number of nitrogens with zero attached hydrogens (tertiary/aromatic N) is 4. The molecule has 2 aromatic heterocycles. The van der Waals surface area contributed by atoms with Gasteiger partial charge in [-0.2, -0.15) is 0 Å². The molecule has 29 heavy (non-hydrogen) atoms. The molecule has 4 aromatic rings. The van der Waals surface area contributed by atoms with Crippen molar-refractivity contribution in [2.24, 2.45) is 0 Å². The van der Waals surface area contributed by atoms with Crippen LogP contribution in [0.25, 0.3) is 17.1 Å². The second-order valence-electron chi connectivity index (χ2n) is 6.79. The molecular formula is C23H22N4OS. The van der Waals surface area contributed by atoms with E-state index in [9.17, 15) is 0 Å². The van der Waals surface area contributed by atoms with Crippen molar-refractivity contribution in [3.8, 4) is 22.8 Å². The molecule has 0 unspecified atom stereocenters. The van der Waals surface area contributed by atoms with Gasteiger partial charge in [0.05, 0.1) is 7.11 Å². The Balaban J connectivity index is 1.73. The Hall–Kier alpha value is -3.12. The monoisotopic (exact) mass is 402 g/mol. The highest BCUT2D eigenvalue weighted by molar-refractivity contribution is 7.98. The lowest BCUT2D eigenvalue weighted by Crippen LogP contribution is -2.00. The number of rotatable bonds is 6. The lowest BCUT2D eigenvalue weighted by atomic mass is 10.1. The minimum absolute atomic E-state index is 0.793. The predicted molar refractivity (Wildman–Crippen MR) is 117 cm³/mol. The van der Waals surface area contributed by atoms with Crippen LogP contribution in [0.2, 0.25) is 0 Å². The van der Waals surface area contributed by atoms with Crippen LogP contribution in [0, 0.1) is 13.8 Å². The van der Waals surface area contributed by atoms with Crippen molar-refractivity contribution < 1.29 is 4.74 Å². The summed E-state index contributed by atoms with van der Waals surface area (Å²) in [6, 6.07) is 18.4. The van der Waals surface area contributed by atoms with Gasteiger partial charge in [-0.1, -0.05) is 35.5 Å². The van der Waals surface area contributed by atoms with E-state index in [0.717, 1.165) is 33.7 Å². The standard InChI is InChI=1S/C23H22N4OS/c1-16-4-5-17(2)19(14-16)15-29-23-26-25-22(18-10-12-24-13-11-18)27(23)20-6-8-21(28-3)9-7-20/h4-14H,15H2,1-3H3. The summed E-state index contributed by atoms with van der Waals surface area (Å²) < 4.78 is 7.40. The first-order valence-electron chi connectivity index (χ1n) is 9.35. The minimum Gasteiger partial charge on any atom is -0.497 e. The molecule has 146 valence electrons. The number of thioether (sulfide) groups is 1. The van der Waals surface area contributed by atoms with Crippen molar-refractivity contribution in [1.82, 2.24) is 19.7 Å². The van der Waals surface area contributed by atoms with Crippen molar-refractivity contribution in [2.75, 3.05) is 7.11 Å². The summed E-state index contributed by atoms with van der Waals surface area (Å²) in [6.07, 6.45) is 3.54. The summed E-state index contributed by atoms with van der Waals surface area (Å²) in [7, 11) is 1.67. The number of hydrogen-bond acceptors (Lipinski definition) is 5. The molecule has 0 atom stereocenters. The van der Waals surface area contributed by atoms with Gasteiger partial charge in [-0.3, -0.25) is 9.55 Å². The molecule has 0 aliphatic carbocycles. The number of hydrogen-bond donors (Lipinski definition) is 0. The molecule has 6 heteroatoms. The molecule has 0 N–H and O–H groups in total. The molecule has 5 nitrogen and oxygen atoms in total. The Labute approximate surface area is 174 Å². The molecule has 0 saturated carbocycles. The Morgan fingerprint density at radius 2 is 1.69 bits per heavy atom. The highest BCUT2D eigenvalue weighted by Gasteiger charge is 2.16. The first kappa shape index (κ1) is 19.2. The number of pyridine rings is 1. The highest BCUT2D eigenvalue weighted by atomic mass is 32.2. The fraction of sp³-hybridized carbons (Fsp3) is 0.174. The van der Waals surface area contributed by atoms with E-state index in [1.807, 2.05) is 36.4 Å². The summed E-state index contributed by atoms with van der Waals surface area (Å²) in [5.74, 6) is 2.44. The lowest BCUT2D eigenvalue weighted by molar-refractivity contribution is 0.414. The van der Waals surface area contributed by atoms with Gasteiger partial charge in [0.15, 0.2) is 11.0 Å². The molecule has 4 rings (SSSR count). The topological polar surface area (TPSA) is 52.8 Å². The maximum absolute atomic E-state index is 5.31. The number of methoxy groups -OCH3 is 1. The van der Waals surface area contributed by atoms with Crippen LogP contribution in [0.3, 0.4) is 0 Å². The zero-order valence-electron chi connectivity index (χ0n) is 16.7. The van der Waals surface area contributed by atoms with Crippen LogP contribution in [-0.2, 0) is 5.75 Å². The third-order valence-electron chi connectivity index (χ3n) is 4.76. The van der Waals surface area contributed by atoms with E-state index in [1.165, 1.54) is 16.7 Å². The van der Waals surface area contributed by atoms with Gasteiger partial charge in [-0.05, 0) is 61.4 Å². The number of benzene rings is 2. The summed E-state index contributed by atoms with van der Waals surface area (Å²) in [6.45, 7) is 4.26. The van der Waals surface area contributed by atoms with Gasteiger partial charge in [0.25, 0.3) is 0 Å². The van der Waals surface area contributed by atoms with Crippen LogP contribution >= 0.6 is 11.8 Å². The smallest absolute Gasteiger partial charge is 0.196 e. The van der Waals surface area contributed by atoms with Crippen LogP contribution in [0.1, 0.15) is 16.7 Å². The predicted octanol–water partition coefficient (Wildman–Crippen LogP) is 5.25. The van der Waals surface area contributed by atoms with E-state index in [4.69, 9.17) is 4.74 Å². The minimum atomic E-state index is 0.793. The molecule has 0 saturated heterocycles. The number of ether oxygens (including phenoxy) is 1. The van der Waals surface area contributed by atoms with E-state index in [2.05, 4.69) is 51.8 Å². The largest absolute Gasteiger partial charge is 0.497 e. The Morgan fingerprint density at radius 3 is 2.41 bits per heavy atom. The van der Waals surface area contributed by atoms with Crippen LogP contribution in [-0.4, -0.2) is 26.9 Å². The van der Waals surface area contributed by atoms with Gasteiger partial charge in [0.2, 0.25) is 0 Å². The zero-order valence-corrected chi connectivity index (χ0v) is 17.5.